The van der Waals surface area contributed by atoms with E-state index in [-0.39, 0.29) is 17.2 Å². The summed E-state index contributed by atoms with van der Waals surface area (Å²) in [7, 11) is 0. The van der Waals surface area contributed by atoms with Gasteiger partial charge in [0.05, 0.1) is 11.0 Å². The first kappa shape index (κ1) is 21.9. The Balaban J connectivity index is 1.49. The van der Waals surface area contributed by atoms with Gasteiger partial charge in [-0.3, -0.25) is 4.79 Å². The van der Waals surface area contributed by atoms with E-state index in [1.807, 2.05) is 35.2 Å². The maximum absolute atomic E-state index is 13.0. The van der Waals surface area contributed by atoms with Crippen molar-refractivity contribution in [2.75, 3.05) is 11.4 Å². The molecule has 168 valence electrons. The Morgan fingerprint density at radius 2 is 1.76 bits per heavy atom. The van der Waals surface area contributed by atoms with Gasteiger partial charge in [-0.25, -0.2) is 4.98 Å². The first-order valence-corrected chi connectivity index (χ1v) is 12.2. The highest BCUT2D eigenvalue weighted by Crippen LogP contribution is 2.34. The number of nitrogens with zero attached hydrogens (tertiary/aromatic N) is 3. The molecule has 1 saturated heterocycles. The highest BCUT2D eigenvalue weighted by molar-refractivity contribution is 9.10. The van der Waals surface area contributed by atoms with Gasteiger partial charge in [0.2, 0.25) is 5.91 Å². The van der Waals surface area contributed by atoms with Crippen LogP contribution in [0.5, 0.6) is 0 Å². The van der Waals surface area contributed by atoms with Crippen LogP contribution < -0.4 is 4.90 Å². The summed E-state index contributed by atoms with van der Waals surface area (Å²) < 4.78 is 3.27. The molecule has 0 aliphatic carbocycles. The molecule has 2 heterocycles. The van der Waals surface area contributed by atoms with Gasteiger partial charge >= 0.3 is 0 Å². The van der Waals surface area contributed by atoms with Crippen molar-refractivity contribution >= 4 is 38.6 Å². The molecular formula is C28H28BrN3O. The number of halogens is 1. The molecule has 0 spiro atoms. The number of hydrogen-bond acceptors (Lipinski definition) is 2. The van der Waals surface area contributed by atoms with Crippen molar-refractivity contribution in [1.29, 1.82) is 0 Å². The van der Waals surface area contributed by atoms with Crippen LogP contribution in [-0.2, 0) is 16.8 Å². The third-order valence-electron chi connectivity index (χ3n) is 6.45. The summed E-state index contributed by atoms with van der Waals surface area (Å²) in [5.74, 6) is 1.19. The van der Waals surface area contributed by atoms with Crippen LogP contribution in [0, 0.1) is 0 Å². The molecule has 1 atom stereocenters. The van der Waals surface area contributed by atoms with E-state index in [9.17, 15) is 4.79 Å². The standard InChI is InChI=1S/C28H28BrN3O/c1-28(2,3)21-13-11-19(12-14-21)17-32-25-10-5-4-9-24(25)30-27(32)20-15-26(33)31(18-20)23-8-6-7-22(29)16-23/h4-14,16,20H,15,17-18H2,1-3H3. The SMILES string of the molecule is CC(C)(C)c1ccc(Cn2c(C3CC(=O)N(c4cccc(Br)c4)C3)nc3ccccc32)cc1. The van der Waals surface area contributed by atoms with Crippen LogP contribution in [0.15, 0.2) is 77.3 Å². The van der Waals surface area contributed by atoms with Crippen molar-refractivity contribution < 1.29 is 4.79 Å². The van der Waals surface area contributed by atoms with E-state index >= 15 is 0 Å². The summed E-state index contributed by atoms with van der Waals surface area (Å²) in [5, 5.41) is 0. The molecule has 1 fully saturated rings. The second-order valence-corrected chi connectivity index (χ2v) is 10.8. The van der Waals surface area contributed by atoms with Crippen LogP contribution in [0.3, 0.4) is 0 Å². The predicted molar refractivity (Wildman–Crippen MR) is 138 cm³/mol. The Bertz CT molecular complexity index is 1320. The number of anilines is 1. The van der Waals surface area contributed by atoms with Gasteiger partial charge in [0.25, 0.3) is 0 Å². The largest absolute Gasteiger partial charge is 0.323 e. The number of amides is 1. The minimum Gasteiger partial charge on any atom is -0.323 e. The molecule has 1 aliphatic rings. The minimum atomic E-state index is 0.0535. The highest BCUT2D eigenvalue weighted by atomic mass is 79.9. The molecule has 1 amide bonds. The van der Waals surface area contributed by atoms with Crippen molar-refractivity contribution in [3.63, 3.8) is 0 Å². The van der Waals surface area contributed by atoms with Gasteiger partial charge in [0.1, 0.15) is 5.82 Å². The fourth-order valence-corrected chi connectivity index (χ4v) is 5.03. The molecule has 0 N–H and O–H groups in total. The number of fused-ring (bicyclic) bond motifs is 1. The van der Waals surface area contributed by atoms with Gasteiger partial charge in [-0.05, 0) is 46.9 Å². The Hall–Kier alpha value is -2.92. The van der Waals surface area contributed by atoms with Gasteiger partial charge < -0.3 is 9.47 Å². The number of carbonyl (C=O) groups excluding carboxylic acids is 1. The first-order chi connectivity index (χ1) is 15.8. The average molecular weight is 502 g/mol. The van der Waals surface area contributed by atoms with Crippen LogP contribution in [0.1, 0.15) is 50.1 Å². The fourth-order valence-electron chi connectivity index (χ4n) is 4.64. The van der Waals surface area contributed by atoms with Gasteiger partial charge in [-0.15, -0.1) is 0 Å². The van der Waals surface area contributed by atoms with E-state index < -0.39 is 0 Å². The topological polar surface area (TPSA) is 38.1 Å². The lowest BCUT2D eigenvalue weighted by molar-refractivity contribution is -0.117. The zero-order chi connectivity index (χ0) is 23.2. The van der Waals surface area contributed by atoms with Gasteiger partial charge in [-0.1, -0.05) is 79.2 Å². The third-order valence-corrected chi connectivity index (χ3v) is 6.95. The van der Waals surface area contributed by atoms with Crippen LogP contribution >= 0.6 is 15.9 Å². The summed E-state index contributed by atoms with van der Waals surface area (Å²) in [6.45, 7) is 8.08. The zero-order valence-electron chi connectivity index (χ0n) is 19.3. The molecule has 1 unspecified atom stereocenters. The molecule has 0 saturated carbocycles. The smallest absolute Gasteiger partial charge is 0.227 e. The number of benzene rings is 3. The van der Waals surface area contributed by atoms with Crippen molar-refractivity contribution in [3.8, 4) is 0 Å². The van der Waals surface area contributed by atoms with Crippen LogP contribution in [0.4, 0.5) is 5.69 Å². The normalized spacial score (nSPS) is 16.7. The van der Waals surface area contributed by atoms with Gasteiger partial charge in [0, 0.05) is 35.6 Å². The number of para-hydroxylation sites is 2. The van der Waals surface area contributed by atoms with Crippen molar-refractivity contribution in [1.82, 2.24) is 9.55 Å². The molecular weight excluding hydrogens is 474 g/mol. The van der Waals surface area contributed by atoms with Gasteiger partial charge in [-0.2, -0.15) is 0 Å². The maximum Gasteiger partial charge on any atom is 0.227 e. The summed E-state index contributed by atoms with van der Waals surface area (Å²) in [4.78, 5) is 19.8. The number of carbonyl (C=O) groups is 1. The molecule has 3 aromatic carbocycles. The molecule has 5 rings (SSSR count). The predicted octanol–water partition coefficient (Wildman–Crippen LogP) is 6.67. The highest BCUT2D eigenvalue weighted by Gasteiger charge is 2.35. The molecule has 1 aliphatic heterocycles. The molecule has 33 heavy (non-hydrogen) atoms. The van der Waals surface area contributed by atoms with E-state index in [0.717, 1.165) is 33.6 Å². The second-order valence-electron chi connectivity index (χ2n) is 9.88. The lowest BCUT2D eigenvalue weighted by atomic mass is 9.87. The number of imidazole rings is 1. The lowest BCUT2D eigenvalue weighted by Crippen LogP contribution is -2.24. The third kappa shape index (κ3) is 4.34. The first-order valence-electron chi connectivity index (χ1n) is 11.4. The van der Waals surface area contributed by atoms with Crippen LogP contribution in [-0.4, -0.2) is 22.0 Å². The van der Waals surface area contributed by atoms with Crippen molar-refractivity contribution in [3.05, 3.63) is 94.2 Å². The molecule has 5 heteroatoms. The Labute approximate surface area is 203 Å². The quantitative estimate of drug-likeness (QED) is 0.313. The number of aromatic nitrogens is 2. The van der Waals surface area contributed by atoms with E-state index in [1.54, 1.807) is 0 Å². The van der Waals surface area contributed by atoms with E-state index in [2.05, 4.69) is 83.7 Å². The minimum absolute atomic E-state index is 0.0535. The molecule has 0 bridgehead atoms. The number of hydrogen-bond donors (Lipinski definition) is 0. The van der Waals surface area contributed by atoms with E-state index in [0.29, 0.717) is 13.0 Å². The molecule has 4 nitrogen and oxygen atoms in total. The summed E-state index contributed by atoms with van der Waals surface area (Å²) in [6.07, 6.45) is 0.471. The molecule has 4 aromatic rings. The van der Waals surface area contributed by atoms with E-state index in [4.69, 9.17) is 4.98 Å². The lowest BCUT2D eigenvalue weighted by Gasteiger charge is -2.20. The summed E-state index contributed by atoms with van der Waals surface area (Å²) in [5.41, 5.74) is 5.71. The Morgan fingerprint density at radius 3 is 2.48 bits per heavy atom. The van der Waals surface area contributed by atoms with Crippen LogP contribution in [0.2, 0.25) is 0 Å². The summed E-state index contributed by atoms with van der Waals surface area (Å²) >= 11 is 3.52. The van der Waals surface area contributed by atoms with Crippen LogP contribution in [0.25, 0.3) is 11.0 Å². The molecule has 0 radical (unpaired) electrons. The fraction of sp³-hybridized carbons (Fsp3) is 0.286. The van der Waals surface area contributed by atoms with Crippen molar-refractivity contribution in [2.45, 2.75) is 45.1 Å². The molecule has 1 aromatic heterocycles. The van der Waals surface area contributed by atoms with E-state index in [1.165, 1.54) is 11.1 Å². The maximum atomic E-state index is 13.0. The van der Waals surface area contributed by atoms with Gasteiger partial charge in [0.15, 0.2) is 0 Å². The Morgan fingerprint density at radius 1 is 1.00 bits per heavy atom. The number of rotatable bonds is 4. The average Bonchev–Trinajstić information content (AvgIpc) is 3.34. The zero-order valence-corrected chi connectivity index (χ0v) is 20.8. The second kappa shape index (κ2) is 8.45. The van der Waals surface area contributed by atoms with Crippen molar-refractivity contribution in [2.24, 2.45) is 0 Å². The summed E-state index contributed by atoms with van der Waals surface area (Å²) in [6, 6.07) is 25.1. The Kier molecular flexibility index (Phi) is 5.61. The monoisotopic (exact) mass is 501 g/mol.